The normalized spacial score (nSPS) is 24.6. The number of para-hydroxylation sites is 1. The minimum atomic E-state index is -1.82. The molecule has 0 amide bonds. The minimum Gasteiger partial charge on any atom is -0.469 e. The van der Waals surface area contributed by atoms with E-state index in [0.717, 1.165) is 5.56 Å². The number of benzene rings is 2. The van der Waals surface area contributed by atoms with Crippen LogP contribution in [0.5, 0.6) is 0 Å². The number of carbonyl (C=O) groups is 4. The third kappa shape index (κ3) is 2.23. The average molecular weight is 417 g/mol. The molecule has 0 N–H and O–H groups in total. The van der Waals surface area contributed by atoms with Crippen LogP contribution in [0.2, 0.25) is 0 Å². The fourth-order valence-corrected chi connectivity index (χ4v) is 5.38. The fraction of sp³-hybridized carbons (Fsp3) is 0.250. The number of esters is 2. The van der Waals surface area contributed by atoms with E-state index >= 15 is 0 Å². The number of Topliss-reactive ketones (excluding diaryl/α,β-unsaturated/α-hetero) is 2. The van der Waals surface area contributed by atoms with Crippen LogP contribution in [-0.2, 0) is 19.1 Å². The number of nitrogens with zero attached hydrogens (tertiary/aromatic N) is 1. The number of anilines is 1. The Morgan fingerprint density at radius 1 is 0.871 bits per heavy atom. The van der Waals surface area contributed by atoms with E-state index in [1.807, 2.05) is 18.2 Å². The van der Waals surface area contributed by atoms with Crippen LogP contribution in [0.25, 0.3) is 6.08 Å². The van der Waals surface area contributed by atoms with Gasteiger partial charge >= 0.3 is 11.9 Å². The molecule has 2 aliphatic heterocycles. The van der Waals surface area contributed by atoms with Crippen LogP contribution in [0.15, 0.2) is 54.6 Å². The molecule has 1 aliphatic carbocycles. The molecule has 1 saturated heterocycles. The van der Waals surface area contributed by atoms with E-state index in [1.165, 1.54) is 14.2 Å². The number of hydrogen-bond donors (Lipinski definition) is 0. The van der Waals surface area contributed by atoms with Gasteiger partial charge in [0.25, 0.3) is 0 Å². The van der Waals surface area contributed by atoms with Crippen LogP contribution in [0, 0.1) is 11.3 Å². The lowest BCUT2D eigenvalue weighted by molar-refractivity contribution is -0.154. The number of rotatable bonds is 2. The molecule has 0 radical (unpaired) electrons. The Hall–Kier alpha value is -3.74. The molecule has 5 rings (SSSR count). The Morgan fingerprint density at radius 3 is 2.06 bits per heavy atom. The highest BCUT2D eigenvalue weighted by molar-refractivity contribution is 6.32. The molecule has 156 valence electrons. The molecule has 0 aromatic heterocycles. The zero-order chi connectivity index (χ0) is 21.9. The van der Waals surface area contributed by atoms with E-state index in [1.54, 1.807) is 47.4 Å². The molecule has 7 nitrogen and oxygen atoms in total. The van der Waals surface area contributed by atoms with Gasteiger partial charge in [-0.05, 0) is 11.6 Å². The van der Waals surface area contributed by atoms with E-state index in [9.17, 15) is 19.2 Å². The lowest BCUT2D eigenvalue weighted by Gasteiger charge is -2.36. The molecule has 2 heterocycles. The summed E-state index contributed by atoms with van der Waals surface area (Å²) in [7, 11) is 2.40. The second kappa shape index (κ2) is 6.63. The van der Waals surface area contributed by atoms with Crippen molar-refractivity contribution >= 4 is 35.3 Å². The molecule has 0 unspecified atom stereocenters. The van der Waals surface area contributed by atoms with Crippen molar-refractivity contribution in [3.05, 3.63) is 71.3 Å². The van der Waals surface area contributed by atoms with Gasteiger partial charge in [0.15, 0.2) is 11.6 Å². The summed E-state index contributed by atoms with van der Waals surface area (Å²) in [6.45, 7) is 0. The van der Waals surface area contributed by atoms with Gasteiger partial charge in [0.2, 0.25) is 0 Å². The first-order valence-corrected chi connectivity index (χ1v) is 9.88. The molecule has 2 aromatic carbocycles. The smallest absolute Gasteiger partial charge is 0.329 e. The molecule has 1 spiro atoms. The molecule has 31 heavy (non-hydrogen) atoms. The Morgan fingerprint density at radius 2 is 1.45 bits per heavy atom. The van der Waals surface area contributed by atoms with E-state index in [0.29, 0.717) is 5.69 Å². The number of fused-ring (bicyclic) bond motifs is 5. The summed E-state index contributed by atoms with van der Waals surface area (Å²) in [6, 6.07) is 11.8. The van der Waals surface area contributed by atoms with Gasteiger partial charge in [0, 0.05) is 16.8 Å². The summed E-state index contributed by atoms with van der Waals surface area (Å²) >= 11 is 0. The summed E-state index contributed by atoms with van der Waals surface area (Å²) in [5.41, 5.74) is 0.134. The highest BCUT2D eigenvalue weighted by Gasteiger charge is 2.74. The topological polar surface area (TPSA) is 90.0 Å². The molecule has 0 saturated carbocycles. The van der Waals surface area contributed by atoms with Gasteiger partial charge in [-0.15, -0.1) is 0 Å². The Balaban J connectivity index is 1.83. The van der Waals surface area contributed by atoms with Gasteiger partial charge < -0.3 is 14.4 Å². The molecule has 3 atom stereocenters. The number of hydrogen-bond acceptors (Lipinski definition) is 7. The van der Waals surface area contributed by atoms with Crippen LogP contribution < -0.4 is 4.90 Å². The highest BCUT2D eigenvalue weighted by atomic mass is 16.5. The van der Waals surface area contributed by atoms with Crippen molar-refractivity contribution in [2.45, 2.75) is 12.1 Å². The highest BCUT2D eigenvalue weighted by Crippen LogP contribution is 2.57. The summed E-state index contributed by atoms with van der Waals surface area (Å²) < 4.78 is 10.1. The predicted octanol–water partition coefficient (Wildman–Crippen LogP) is 2.30. The van der Waals surface area contributed by atoms with Crippen molar-refractivity contribution < 1.29 is 28.7 Å². The van der Waals surface area contributed by atoms with Crippen molar-refractivity contribution in [2.75, 3.05) is 19.1 Å². The van der Waals surface area contributed by atoms with Gasteiger partial charge in [-0.2, -0.15) is 0 Å². The van der Waals surface area contributed by atoms with Crippen LogP contribution in [0.1, 0.15) is 26.3 Å². The van der Waals surface area contributed by atoms with E-state index in [-0.39, 0.29) is 11.1 Å². The first-order valence-electron chi connectivity index (χ1n) is 9.88. The fourth-order valence-electron chi connectivity index (χ4n) is 5.38. The summed E-state index contributed by atoms with van der Waals surface area (Å²) in [5.74, 6) is -3.83. The van der Waals surface area contributed by atoms with E-state index in [4.69, 9.17) is 9.47 Å². The largest absolute Gasteiger partial charge is 0.469 e. The lowest BCUT2D eigenvalue weighted by atomic mass is 9.67. The van der Waals surface area contributed by atoms with Crippen molar-refractivity contribution in [1.29, 1.82) is 0 Å². The van der Waals surface area contributed by atoms with Crippen LogP contribution in [0.3, 0.4) is 0 Å². The Labute approximate surface area is 178 Å². The predicted molar refractivity (Wildman–Crippen MR) is 111 cm³/mol. The van der Waals surface area contributed by atoms with Crippen molar-refractivity contribution in [1.82, 2.24) is 0 Å². The average Bonchev–Trinajstić information content (AvgIpc) is 3.25. The first-order chi connectivity index (χ1) is 15.0. The van der Waals surface area contributed by atoms with Crippen LogP contribution in [0.4, 0.5) is 5.69 Å². The zero-order valence-corrected chi connectivity index (χ0v) is 16.9. The second-order valence-corrected chi connectivity index (χ2v) is 7.81. The SMILES string of the molecule is COC(=O)[C@H]1[C@H](C(=O)OC)C2(C(=O)c3ccccc3C2=O)[C@H]2C=Cc3ccccc3N12. The van der Waals surface area contributed by atoms with E-state index < -0.39 is 46.9 Å². The van der Waals surface area contributed by atoms with E-state index in [2.05, 4.69) is 0 Å². The summed E-state index contributed by atoms with van der Waals surface area (Å²) in [6.07, 6.45) is 3.54. The standard InChI is InChI=1S/C24H19NO6/c1-30-22(28)18-19(23(29)31-2)25-16-10-6-3-7-13(16)11-12-17(25)24(18)20(26)14-8-4-5-9-15(14)21(24)27/h3-12,17-19H,1-2H3/t17-,18-,19-/m1/s1. The number of ether oxygens (including phenoxy) is 2. The zero-order valence-electron chi connectivity index (χ0n) is 16.9. The lowest BCUT2D eigenvalue weighted by Crippen LogP contribution is -2.51. The van der Waals surface area contributed by atoms with Crippen molar-refractivity contribution in [2.24, 2.45) is 11.3 Å². The molecular formula is C24H19NO6. The maximum atomic E-state index is 13.8. The van der Waals surface area contributed by atoms with Gasteiger partial charge in [0.05, 0.1) is 20.3 Å². The molecular weight excluding hydrogens is 398 g/mol. The maximum Gasteiger partial charge on any atom is 0.329 e. The number of ketones is 2. The number of methoxy groups -OCH3 is 2. The Bertz CT molecular complexity index is 1150. The molecule has 2 aromatic rings. The summed E-state index contributed by atoms with van der Waals surface area (Å²) in [5, 5.41) is 0. The third-order valence-electron chi connectivity index (χ3n) is 6.61. The second-order valence-electron chi connectivity index (χ2n) is 7.81. The van der Waals surface area contributed by atoms with Gasteiger partial charge in [-0.3, -0.25) is 14.4 Å². The quantitative estimate of drug-likeness (QED) is 0.547. The summed E-state index contributed by atoms with van der Waals surface area (Å²) in [4.78, 5) is 55.5. The first kappa shape index (κ1) is 19.2. The maximum absolute atomic E-state index is 13.8. The van der Waals surface area contributed by atoms with Gasteiger partial charge in [-0.25, -0.2) is 4.79 Å². The van der Waals surface area contributed by atoms with Gasteiger partial charge in [-0.1, -0.05) is 54.6 Å². The van der Waals surface area contributed by atoms with Crippen LogP contribution in [-0.4, -0.2) is 49.8 Å². The minimum absolute atomic E-state index is 0.249. The molecule has 3 aliphatic rings. The van der Waals surface area contributed by atoms with Crippen molar-refractivity contribution in [3.63, 3.8) is 0 Å². The third-order valence-corrected chi connectivity index (χ3v) is 6.61. The monoisotopic (exact) mass is 417 g/mol. The molecule has 7 heteroatoms. The molecule has 1 fully saturated rings. The Kier molecular flexibility index (Phi) is 4.12. The van der Waals surface area contributed by atoms with Crippen molar-refractivity contribution in [3.8, 4) is 0 Å². The van der Waals surface area contributed by atoms with Gasteiger partial charge in [0.1, 0.15) is 17.4 Å². The molecule has 0 bridgehead atoms. The van der Waals surface area contributed by atoms with Crippen LogP contribution >= 0.6 is 0 Å². The number of carbonyl (C=O) groups excluding carboxylic acids is 4.